The fourth-order valence-corrected chi connectivity index (χ4v) is 3.71. The van der Waals surface area contributed by atoms with E-state index in [1.165, 1.54) is 31.5 Å². The minimum absolute atomic E-state index is 0.0297. The molecule has 0 N–H and O–H groups in total. The molecule has 0 unspecified atom stereocenters. The molecule has 1 saturated heterocycles. The number of likely N-dealkylation sites (tertiary alicyclic amines) is 1. The Morgan fingerprint density at radius 1 is 1.12 bits per heavy atom. The summed E-state index contributed by atoms with van der Waals surface area (Å²) in [5, 5.41) is 4.57. The predicted octanol–water partition coefficient (Wildman–Crippen LogP) is 1.78. The average Bonchev–Trinajstić information content (AvgIpc) is 3.46. The van der Waals surface area contributed by atoms with E-state index in [1.54, 1.807) is 10.7 Å². The second-order valence-electron chi connectivity index (χ2n) is 7.59. The summed E-state index contributed by atoms with van der Waals surface area (Å²) in [6.45, 7) is 3.72. The van der Waals surface area contributed by atoms with Crippen LogP contribution in [0.2, 0.25) is 0 Å². The summed E-state index contributed by atoms with van der Waals surface area (Å²) in [7, 11) is 0. The molecule has 6 nitrogen and oxygen atoms in total. The van der Waals surface area contributed by atoms with E-state index in [0.717, 1.165) is 31.9 Å². The molecule has 2 aromatic rings. The second kappa shape index (κ2) is 5.55. The van der Waals surface area contributed by atoms with E-state index in [9.17, 15) is 4.79 Å². The molecule has 24 heavy (non-hydrogen) atoms. The van der Waals surface area contributed by atoms with Crippen molar-refractivity contribution in [3.63, 3.8) is 0 Å². The van der Waals surface area contributed by atoms with E-state index in [0.29, 0.717) is 17.9 Å². The van der Waals surface area contributed by atoms with Crippen LogP contribution in [0.1, 0.15) is 49.2 Å². The van der Waals surface area contributed by atoms with Crippen LogP contribution in [0.25, 0.3) is 0 Å². The van der Waals surface area contributed by atoms with E-state index in [1.807, 2.05) is 12.3 Å². The van der Waals surface area contributed by atoms with Crippen LogP contribution in [-0.2, 0) is 13.1 Å². The van der Waals surface area contributed by atoms with Gasteiger partial charge in [-0.15, -0.1) is 0 Å². The molecule has 2 aliphatic carbocycles. The molecule has 5 rings (SSSR count). The molecule has 2 aromatic heterocycles. The number of hydrogen-bond acceptors (Lipinski definition) is 4. The number of nitrogens with zero attached hydrogens (tertiary/aromatic N) is 5. The molecule has 1 aliphatic heterocycles. The molecule has 0 aromatic carbocycles. The van der Waals surface area contributed by atoms with Gasteiger partial charge in [-0.3, -0.25) is 9.69 Å². The van der Waals surface area contributed by atoms with Crippen LogP contribution in [-0.4, -0.2) is 37.3 Å². The highest BCUT2D eigenvalue weighted by Crippen LogP contribution is 2.38. The molecule has 3 aliphatic rings. The van der Waals surface area contributed by atoms with Crippen molar-refractivity contribution in [1.29, 1.82) is 0 Å². The molecule has 126 valence electrons. The van der Waals surface area contributed by atoms with Gasteiger partial charge in [0.25, 0.3) is 5.56 Å². The molecule has 0 atom stereocenters. The number of aromatic nitrogens is 4. The van der Waals surface area contributed by atoms with Gasteiger partial charge in [0.1, 0.15) is 5.82 Å². The van der Waals surface area contributed by atoms with Gasteiger partial charge in [0.2, 0.25) is 0 Å². The maximum Gasteiger partial charge on any atom is 0.266 e. The maximum atomic E-state index is 12.0. The van der Waals surface area contributed by atoms with E-state index >= 15 is 0 Å². The quantitative estimate of drug-likeness (QED) is 0.812. The molecule has 0 amide bonds. The van der Waals surface area contributed by atoms with Crippen molar-refractivity contribution in [1.82, 2.24) is 24.2 Å². The van der Waals surface area contributed by atoms with Gasteiger partial charge in [-0.1, -0.05) is 0 Å². The summed E-state index contributed by atoms with van der Waals surface area (Å²) in [4.78, 5) is 19.0. The minimum Gasteiger partial charge on any atom is -0.331 e. The van der Waals surface area contributed by atoms with Gasteiger partial charge in [0.15, 0.2) is 0 Å². The van der Waals surface area contributed by atoms with Gasteiger partial charge < -0.3 is 4.57 Å². The summed E-state index contributed by atoms with van der Waals surface area (Å²) in [5.74, 6) is 2.30. The highest BCUT2D eigenvalue weighted by molar-refractivity contribution is 5.12. The van der Waals surface area contributed by atoms with Gasteiger partial charge in [0.05, 0.1) is 18.8 Å². The third-order valence-corrected chi connectivity index (χ3v) is 5.40. The number of imidazole rings is 1. The van der Waals surface area contributed by atoms with Crippen LogP contribution < -0.4 is 5.56 Å². The zero-order valence-corrected chi connectivity index (χ0v) is 13.8. The third kappa shape index (κ3) is 2.79. The minimum atomic E-state index is 0.0297. The molecule has 3 fully saturated rings. The Kier molecular flexibility index (Phi) is 3.33. The molecule has 0 spiro atoms. The lowest BCUT2D eigenvalue weighted by molar-refractivity contribution is 0.0727. The van der Waals surface area contributed by atoms with Gasteiger partial charge in [-0.25, -0.2) is 9.67 Å². The van der Waals surface area contributed by atoms with Crippen molar-refractivity contribution in [2.45, 2.75) is 50.7 Å². The number of rotatable bonds is 6. The zero-order chi connectivity index (χ0) is 16.1. The molecule has 0 bridgehead atoms. The standard InChI is InChI=1S/C18H23N5O/c24-18-6-5-16(14-1-2-14)20-23(18)11-13-9-21(10-13)12-17-19-7-8-22(17)15-3-4-15/h5-8,13-15H,1-4,9-12H2. The highest BCUT2D eigenvalue weighted by atomic mass is 16.1. The molecule has 0 radical (unpaired) electrons. The fourth-order valence-electron chi connectivity index (χ4n) is 3.71. The van der Waals surface area contributed by atoms with Crippen molar-refractivity contribution in [2.75, 3.05) is 13.1 Å². The molecule has 2 saturated carbocycles. The van der Waals surface area contributed by atoms with Gasteiger partial charge in [-0.2, -0.15) is 5.10 Å². The summed E-state index contributed by atoms with van der Waals surface area (Å²) in [6.07, 6.45) is 9.04. The highest BCUT2D eigenvalue weighted by Gasteiger charge is 2.31. The first-order chi connectivity index (χ1) is 11.8. The summed E-state index contributed by atoms with van der Waals surface area (Å²) >= 11 is 0. The van der Waals surface area contributed by atoms with Crippen molar-refractivity contribution in [2.24, 2.45) is 5.92 Å². The van der Waals surface area contributed by atoms with E-state index in [-0.39, 0.29) is 5.56 Å². The SMILES string of the molecule is O=c1ccc(C2CC2)nn1CC1CN(Cc2nccn2C2CC2)C1. The Bertz CT molecular complexity index is 796. The monoisotopic (exact) mass is 325 g/mol. The molecular formula is C18H23N5O. The van der Waals surface area contributed by atoms with Crippen LogP contribution in [0.3, 0.4) is 0 Å². The van der Waals surface area contributed by atoms with E-state index < -0.39 is 0 Å². The van der Waals surface area contributed by atoms with Crippen LogP contribution in [0.4, 0.5) is 0 Å². The fraction of sp³-hybridized carbons (Fsp3) is 0.611. The third-order valence-electron chi connectivity index (χ3n) is 5.40. The topological polar surface area (TPSA) is 56.0 Å². The van der Waals surface area contributed by atoms with Crippen molar-refractivity contribution in [3.8, 4) is 0 Å². The smallest absolute Gasteiger partial charge is 0.266 e. The normalized spacial score (nSPS) is 21.8. The first-order valence-corrected chi connectivity index (χ1v) is 9.08. The van der Waals surface area contributed by atoms with Gasteiger partial charge >= 0.3 is 0 Å². The van der Waals surface area contributed by atoms with Crippen LogP contribution in [0.5, 0.6) is 0 Å². The van der Waals surface area contributed by atoms with Crippen LogP contribution in [0.15, 0.2) is 29.3 Å². The molecule has 6 heteroatoms. The lowest BCUT2D eigenvalue weighted by Gasteiger charge is -2.39. The molecule has 3 heterocycles. The number of hydrogen-bond donors (Lipinski definition) is 0. The second-order valence-corrected chi connectivity index (χ2v) is 7.59. The van der Waals surface area contributed by atoms with Crippen molar-refractivity contribution < 1.29 is 0 Å². The van der Waals surface area contributed by atoms with Crippen LogP contribution in [0, 0.1) is 5.92 Å². The Morgan fingerprint density at radius 2 is 1.96 bits per heavy atom. The summed E-state index contributed by atoms with van der Waals surface area (Å²) < 4.78 is 4.01. The first kappa shape index (κ1) is 14.4. The Morgan fingerprint density at radius 3 is 2.71 bits per heavy atom. The Labute approximate surface area is 141 Å². The van der Waals surface area contributed by atoms with Crippen molar-refractivity contribution in [3.05, 3.63) is 46.4 Å². The summed E-state index contributed by atoms with van der Waals surface area (Å²) in [6, 6.07) is 4.28. The Balaban J connectivity index is 1.19. The van der Waals surface area contributed by atoms with Crippen LogP contribution >= 0.6 is 0 Å². The lowest BCUT2D eigenvalue weighted by Crippen LogP contribution is -2.49. The van der Waals surface area contributed by atoms with E-state index in [2.05, 4.69) is 25.7 Å². The predicted molar refractivity (Wildman–Crippen MR) is 89.7 cm³/mol. The Hall–Kier alpha value is -1.95. The van der Waals surface area contributed by atoms with Gasteiger partial charge in [0, 0.05) is 49.4 Å². The lowest BCUT2D eigenvalue weighted by atomic mass is 10.0. The summed E-state index contributed by atoms with van der Waals surface area (Å²) in [5.41, 5.74) is 1.12. The average molecular weight is 325 g/mol. The largest absolute Gasteiger partial charge is 0.331 e. The van der Waals surface area contributed by atoms with E-state index in [4.69, 9.17) is 0 Å². The molecular weight excluding hydrogens is 302 g/mol. The zero-order valence-electron chi connectivity index (χ0n) is 13.8. The maximum absolute atomic E-state index is 12.0. The first-order valence-electron chi connectivity index (χ1n) is 9.08. The van der Waals surface area contributed by atoms with Crippen molar-refractivity contribution >= 4 is 0 Å². The van der Waals surface area contributed by atoms with Gasteiger partial charge in [-0.05, 0) is 31.7 Å².